The summed E-state index contributed by atoms with van der Waals surface area (Å²) in [6, 6.07) is 13.4. The Morgan fingerprint density at radius 3 is 2.50 bits per heavy atom. The third-order valence-corrected chi connectivity index (χ3v) is 8.97. The summed E-state index contributed by atoms with van der Waals surface area (Å²) in [6.07, 6.45) is 2.88. The summed E-state index contributed by atoms with van der Waals surface area (Å²) in [5.74, 6) is -3.29. The molecule has 0 spiro atoms. The van der Waals surface area contributed by atoms with Gasteiger partial charge in [0.25, 0.3) is 0 Å². The fourth-order valence-electron chi connectivity index (χ4n) is 6.23. The monoisotopic (exact) mass is 600 g/mol. The maximum absolute atomic E-state index is 16.1. The van der Waals surface area contributed by atoms with Crippen molar-refractivity contribution in [1.82, 2.24) is 5.32 Å². The number of hydrogen-bond donors (Lipinski definition) is 4. The van der Waals surface area contributed by atoms with Crippen molar-refractivity contribution in [3.05, 3.63) is 81.9 Å². The summed E-state index contributed by atoms with van der Waals surface area (Å²) in [5, 5.41) is 22.9. The average molecular weight is 601 g/mol. The number of aliphatic hydroxyl groups is 2. The summed E-state index contributed by atoms with van der Waals surface area (Å²) >= 11 is 6.58. The molecule has 1 fully saturated rings. The molecule has 2 aliphatic rings. The predicted octanol–water partition coefficient (Wildman–Crippen LogP) is 5.43. The van der Waals surface area contributed by atoms with Crippen molar-refractivity contribution in [3.63, 3.8) is 0 Å². The second-order valence-corrected chi connectivity index (χ2v) is 11.8. The van der Waals surface area contributed by atoms with Crippen LogP contribution in [0.5, 0.6) is 11.5 Å². The topological polar surface area (TPSA) is 114 Å². The van der Waals surface area contributed by atoms with Gasteiger partial charge in [-0.2, -0.15) is 0 Å². The molecule has 224 valence electrons. The lowest BCUT2D eigenvalue weighted by molar-refractivity contribution is 0.00890. The Bertz CT molecular complexity index is 1480. The number of rotatable bonds is 9. The van der Waals surface area contributed by atoms with Gasteiger partial charge in [-0.1, -0.05) is 48.9 Å². The molecule has 3 aromatic carbocycles. The van der Waals surface area contributed by atoms with Crippen LogP contribution in [0.25, 0.3) is 11.1 Å². The van der Waals surface area contributed by atoms with E-state index in [1.54, 1.807) is 0 Å². The van der Waals surface area contributed by atoms with E-state index in [4.69, 9.17) is 26.8 Å². The lowest BCUT2D eigenvalue weighted by Crippen LogP contribution is -2.49. The molecule has 2 atom stereocenters. The number of nitrogens with two attached hydrogens (primary N) is 1. The van der Waals surface area contributed by atoms with Crippen molar-refractivity contribution in [3.8, 4) is 22.6 Å². The van der Waals surface area contributed by atoms with Crippen LogP contribution in [-0.4, -0.2) is 47.5 Å². The average Bonchev–Trinajstić information content (AvgIpc) is 3.24. The van der Waals surface area contributed by atoms with Gasteiger partial charge in [0.05, 0.1) is 22.8 Å². The lowest BCUT2D eigenvalue weighted by atomic mass is 9.77. The molecule has 1 aliphatic heterocycles. The fourth-order valence-corrected chi connectivity index (χ4v) is 6.48. The van der Waals surface area contributed by atoms with Gasteiger partial charge in [0.15, 0.2) is 17.2 Å². The Labute approximate surface area is 248 Å². The van der Waals surface area contributed by atoms with Crippen LogP contribution in [0.15, 0.2) is 48.5 Å². The Morgan fingerprint density at radius 2 is 1.86 bits per heavy atom. The predicted molar refractivity (Wildman–Crippen MR) is 156 cm³/mol. The zero-order valence-corrected chi connectivity index (χ0v) is 24.3. The highest BCUT2D eigenvalue weighted by molar-refractivity contribution is 6.34. The van der Waals surface area contributed by atoms with E-state index in [1.807, 2.05) is 44.2 Å². The van der Waals surface area contributed by atoms with Gasteiger partial charge < -0.3 is 30.7 Å². The van der Waals surface area contributed by atoms with Gasteiger partial charge in [-0.3, -0.25) is 4.79 Å². The molecule has 1 heterocycles. The van der Waals surface area contributed by atoms with Gasteiger partial charge in [-0.05, 0) is 50.3 Å². The van der Waals surface area contributed by atoms with Crippen LogP contribution in [0.1, 0.15) is 66.9 Å². The minimum Gasteiger partial charge on any atom is -0.488 e. The zero-order chi connectivity index (χ0) is 30.2. The Hall–Kier alpha value is -3.24. The SMILES string of the molecule is C[C@H]1c2c(cc(F)c(Cl)c2-c2c(C(N)=O)ccc(OCCO)c2F)O[C@]1(CNC1CCC(C)(O)CC1)c1ccccc1. The van der Waals surface area contributed by atoms with E-state index in [0.717, 1.165) is 18.4 Å². The molecule has 0 unspecified atom stereocenters. The van der Waals surface area contributed by atoms with Gasteiger partial charge in [-0.25, -0.2) is 8.78 Å². The molecular formula is C32H35ClF2N2O5. The summed E-state index contributed by atoms with van der Waals surface area (Å²) in [4.78, 5) is 12.5. The van der Waals surface area contributed by atoms with Crippen molar-refractivity contribution in [2.45, 2.75) is 62.7 Å². The number of primary amides is 1. The number of aliphatic hydroxyl groups excluding tert-OH is 1. The number of benzene rings is 3. The summed E-state index contributed by atoms with van der Waals surface area (Å²) in [5.41, 5.74) is 4.65. The van der Waals surface area contributed by atoms with Crippen molar-refractivity contribution in [1.29, 1.82) is 0 Å². The van der Waals surface area contributed by atoms with Gasteiger partial charge in [0.2, 0.25) is 5.91 Å². The smallest absolute Gasteiger partial charge is 0.249 e. The Morgan fingerprint density at radius 1 is 1.17 bits per heavy atom. The number of halogens is 3. The van der Waals surface area contributed by atoms with Crippen LogP contribution in [0.3, 0.4) is 0 Å². The maximum Gasteiger partial charge on any atom is 0.249 e. The molecule has 42 heavy (non-hydrogen) atoms. The van der Waals surface area contributed by atoms with E-state index >= 15 is 8.78 Å². The molecule has 10 heteroatoms. The highest BCUT2D eigenvalue weighted by Crippen LogP contribution is 2.56. The first-order valence-electron chi connectivity index (χ1n) is 14.1. The van der Waals surface area contributed by atoms with Gasteiger partial charge in [0.1, 0.15) is 18.2 Å². The normalized spacial score (nSPS) is 25.1. The molecule has 0 radical (unpaired) electrons. The summed E-state index contributed by atoms with van der Waals surface area (Å²) < 4.78 is 43.6. The molecule has 3 aromatic rings. The van der Waals surface area contributed by atoms with E-state index in [2.05, 4.69) is 5.32 Å². The summed E-state index contributed by atoms with van der Waals surface area (Å²) in [7, 11) is 0. The lowest BCUT2D eigenvalue weighted by Gasteiger charge is -2.38. The Kier molecular flexibility index (Phi) is 8.49. The molecule has 0 bridgehead atoms. The molecular weight excluding hydrogens is 566 g/mol. The number of ether oxygens (including phenoxy) is 2. The van der Waals surface area contributed by atoms with E-state index < -0.39 is 34.7 Å². The molecule has 5 rings (SSSR count). The van der Waals surface area contributed by atoms with Crippen LogP contribution in [0, 0.1) is 11.6 Å². The molecule has 0 aromatic heterocycles. The van der Waals surface area contributed by atoms with Crippen molar-refractivity contribution in [2.75, 3.05) is 19.8 Å². The third kappa shape index (κ3) is 5.46. The van der Waals surface area contributed by atoms with Gasteiger partial charge in [-0.15, -0.1) is 0 Å². The van der Waals surface area contributed by atoms with E-state index in [1.165, 1.54) is 18.2 Å². The van der Waals surface area contributed by atoms with E-state index in [-0.39, 0.29) is 52.5 Å². The second kappa shape index (κ2) is 11.8. The molecule has 1 saturated carbocycles. The first kappa shape index (κ1) is 30.2. The van der Waals surface area contributed by atoms with Crippen LogP contribution >= 0.6 is 11.6 Å². The van der Waals surface area contributed by atoms with Crippen LogP contribution in [-0.2, 0) is 5.60 Å². The highest BCUT2D eigenvalue weighted by atomic mass is 35.5. The standard InChI is InChI=1S/C32H35ClF2N2O5/c1-18-25-24(42-32(18,19-6-4-3-5-7-19)17-37-20-10-12-31(2,40)13-11-20)16-22(34)28(33)27(25)26-21(30(36)39)8-9-23(29(26)35)41-15-14-38/h3-9,16,18,20,37-38,40H,10-15,17H2,1-2H3,(H2,36,39)/t18-,20?,31?,32-/m0/s1. The maximum atomic E-state index is 16.1. The quantitative estimate of drug-likeness (QED) is 0.260. The Balaban J connectivity index is 1.65. The highest BCUT2D eigenvalue weighted by Gasteiger charge is 2.50. The number of hydrogen-bond acceptors (Lipinski definition) is 6. The van der Waals surface area contributed by atoms with Crippen molar-refractivity contribution >= 4 is 17.5 Å². The van der Waals surface area contributed by atoms with Gasteiger partial charge in [0, 0.05) is 41.3 Å². The molecule has 0 saturated heterocycles. The van der Waals surface area contributed by atoms with Crippen LogP contribution in [0.2, 0.25) is 5.02 Å². The third-order valence-electron chi connectivity index (χ3n) is 8.60. The summed E-state index contributed by atoms with van der Waals surface area (Å²) in [6.45, 7) is 3.52. The molecule has 1 aliphatic carbocycles. The number of carbonyl (C=O) groups excluding carboxylic acids is 1. The molecule has 5 N–H and O–H groups in total. The fraction of sp³-hybridized carbons (Fsp3) is 0.406. The minimum atomic E-state index is -1.04. The van der Waals surface area contributed by atoms with Gasteiger partial charge >= 0.3 is 0 Å². The molecule has 1 amide bonds. The number of nitrogens with one attached hydrogen (secondary N) is 1. The van der Waals surface area contributed by atoms with Crippen LogP contribution < -0.4 is 20.5 Å². The number of amides is 1. The van der Waals surface area contributed by atoms with E-state index in [0.29, 0.717) is 24.9 Å². The van der Waals surface area contributed by atoms with Crippen molar-refractivity contribution in [2.24, 2.45) is 5.73 Å². The van der Waals surface area contributed by atoms with Crippen molar-refractivity contribution < 1.29 is 33.3 Å². The zero-order valence-electron chi connectivity index (χ0n) is 23.6. The first-order valence-corrected chi connectivity index (χ1v) is 14.5. The number of carbonyl (C=O) groups is 1. The molecule has 7 nitrogen and oxygen atoms in total. The largest absolute Gasteiger partial charge is 0.488 e. The second-order valence-electron chi connectivity index (χ2n) is 11.4. The minimum absolute atomic E-state index is 0.0357. The van der Waals surface area contributed by atoms with Crippen LogP contribution in [0.4, 0.5) is 8.78 Å². The first-order chi connectivity index (χ1) is 20.0. The number of fused-ring (bicyclic) bond motifs is 1. The van der Waals surface area contributed by atoms with E-state index in [9.17, 15) is 15.0 Å².